The van der Waals surface area contributed by atoms with Crippen molar-refractivity contribution in [3.05, 3.63) is 12.7 Å². The van der Waals surface area contributed by atoms with Gasteiger partial charge in [0.1, 0.15) is 0 Å². The monoisotopic (exact) mass is 466 g/mol. The van der Waals surface area contributed by atoms with Gasteiger partial charge in [0.15, 0.2) is 0 Å². The van der Waals surface area contributed by atoms with Gasteiger partial charge >= 0.3 is 11.9 Å². The second kappa shape index (κ2) is 11.0. The van der Waals surface area contributed by atoms with E-state index in [1.54, 1.807) is 0 Å². The number of carbonyl (C=O) groups excluding carboxylic acids is 2. The molecular formula is C29H54O4. The number of esters is 2. The Morgan fingerprint density at radius 1 is 0.879 bits per heavy atom. The average molecular weight is 467 g/mol. The second-order valence-electron chi connectivity index (χ2n) is 14.0. The lowest BCUT2D eigenvalue weighted by atomic mass is 9.56. The fourth-order valence-electron chi connectivity index (χ4n) is 4.83. The zero-order valence-electron chi connectivity index (χ0n) is 24.3. The minimum absolute atomic E-state index is 0.0770. The van der Waals surface area contributed by atoms with Crippen molar-refractivity contribution in [1.82, 2.24) is 0 Å². The van der Waals surface area contributed by atoms with Gasteiger partial charge in [0.25, 0.3) is 0 Å². The SMILES string of the molecule is C=CC(C)(C)COC(=O)C(C)(CC(C)C(C)(C)C(C(=O)OC)C(C)CC(C)(C)C)C(C)(C)C. The third kappa shape index (κ3) is 8.44. The number of methoxy groups -OCH3 is 1. The van der Waals surface area contributed by atoms with Gasteiger partial charge in [-0.15, -0.1) is 6.58 Å². The van der Waals surface area contributed by atoms with Crippen molar-refractivity contribution in [2.24, 2.45) is 44.8 Å². The first-order valence-corrected chi connectivity index (χ1v) is 12.4. The van der Waals surface area contributed by atoms with Gasteiger partial charge in [-0.1, -0.05) is 89.2 Å². The van der Waals surface area contributed by atoms with Crippen molar-refractivity contribution >= 4 is 11.9 Å². The van der Waals surface area contributed by atoms with Crippen LogP contribution in [0.1, 0.15) is 103 Å². The zero-order chi connectivity index (χ0) is 26.6. The molecular weight excluding hydrogens is 412 g/mol. The Hall–Kier alpha value is -1.32. The predicted octanol–water partition coefficient (Wildman–Crippen LogP) is 7.71. The van der Waals surface area contributed by atoms with Crippen molar-refractivity contribution in [3.8, 4) is 0 Å². The fourth-order valence-corrected chi connectivity index (χ4v) is 4.83. The van der Waals surface area contributed by atoms with Crippen LogP contribution in [0.5, 0.6) is 0 Å². The van der Waals surface area contributed by atoms with Crippen LogP contribution in [-0.2, 0) is 19.1 Å². The highest BCUT2D eigenvalue weighted by Gasteiger charge is 2.51. The molecule has 0 spiro atoms. The van der Waals surface area contributed by atoms with Gasteiger partial charge in [0.2, 0.25) is 0 Å². The molecule has 0 rings (SSSR count). The maximum atomic E-state index is 13.5. The van der Waals surface area contributed by atoms with E-state index in [1.807, 2.05) is 26.8 Å². The van der Waals surface area contributed by atoms with Crippen LogP contribution in [0.2, 0.25) is 0 Å². The van der Waals surface area contributed by atoms with Crippen molar-refractivity contribution in [2.45, 2.75) is 103 Å². The Morgan fingerprint density at radius 2 is 1.36 bits per heavy atom. The van der Waals surface area contributed by atoms with E-state index in [9.17, 15) is 9.59 Å². The Bertz CT molecular complexity index is 675. The quantitative estimate of drug-likeness (QED) is 0.231. The molecule has 0 fully saturated rings. The standard InChI is InChI=1S/C29H54O4/c1-16-27(10,11)19-33-24(31)29(14,26(7,8)9)18-21(3)28(12,13)22(23(30)32-15)20(2)17-25(4,5)6/h16,20-22H,1,17-19H2,2-15H3. The van der Waals surface area contributed by atoms with Crippen LogP contribution in [-0.4, -0.2) is 25.7 Å². The third-order valence-electron chi connectivity index (χ3n) is 7.98. The van der Waals surface area contributed by atoms with E-state index in [-0.39, 0.29) is 51.4 Å². The van der Waals surface area contributed by atoms with Gasteiger partial charge in [-0.05, 0) is 47.8 Å². The molecule has 0 saturated heterocycles. The van der Waals surface area contributed by atoms with E-state index in [0.29, 0.717) is 13.0 Å². The maximum Gasteiger partial charge on any atom is 0.312 e. The van der Waals surface area contributed by atoms with Crippen LogP contribution < -0.4 is 0 Å². The topological polar surface area (TPSA) is 52.6 Å². The molecule has 0 aliphatic carbocycles. The number of hydrogen-bond acceptors (Lipinski definition) is 4. The van der Waals surface area contributed by atoms with E-state index in [0.717, 1.165) is 6.42 Å². The first kappa shape index (κ1) is 31.7. The largest absolute Gasteiger partial charge is 0.469 e. The summed E-state index contributed by atoms with van der Waals surface area (Å²) in [6.45, 7) is 31.6. The Kier molecular flexibility index (Phi) is 10.5. The van der Waals surface area contributed by atoms with E-state index in [1.165, 1.54) is 7.11 Å². The molecule has 0 saturated carbocycles. The molecule has 0 radical (unpaired) electrons. The molecule has 0 bridgehead atoms. The summed E-state index contributed by atoms with van der Waals surface area (Å²) in [5.74, 6) is -0.401. The van der Waals surface area contributed by atoms with Crippen LogP contribution in [0.3, 0.4) is 0 Å². The lowest BCUT2D eigenvalue weighted by Crippen LogP contribution is -2.48. The maximum absolute atomic E-state index is 13.5. The number of rotatable bonds is 11. The third-order valence-corrected chi connectivity index (χ3v) is 7.98. The predicted molar refractivity (Wildman–Crippen MR) is 139 cm³/mol. The van der Waals surface area contributed by atoms with Crippen LogP contribution in [0, 0.1) is 44.8 Å². The normalized spacial score (nSPS) is 18.0. The Balaban J connectivity index is 6.08. The molecule has 194 valence electrons. The first-order valence-electron chi connectivity index (χ1n) is 12.4. The summed E-state index contributed by atoms with van der Waals surface area (Å²) in [7, 11) is 1.47. The van der Waals surface area contributed by atoms with Gasteiger partial charge in [0.05, 0.1) is 25.0 Å². The van der Waals surface area contributed by atoms with Gasteiger partial charge in [-0.25, -0.2) is 0 Å². The zero-order valence-corrected chi connectivity index (χ0v) is 24.3. The van der Waals surface area contributed by atoms with Gasteiger partial charge in [-0.2, -0.15) is 0 Å². The summed E-state index contributed by atoms with van der Waals surface area (Å²) in [6, 6.07) is 0. The van der Waals surface area contributed by atoms with Crippen molar-refractivity contribution in [3.63, 3.8) is 0 Å². The Labute approximate surface area is 205 Å². The molecule has 0 aliphatic rings. The molecule has 0 aromatic carbocycles. The van der Waals surface area contributed by atoms with Crippen LogP contribution >= 0.6 is 0 Å². The number of hydrogen-bond donors (Lipinski definition) is 0. The van der Waals surface area contributed by atoms with Crippen molar-refractivity contribution in [1.29, 1.82) is 0 Å². The highest BCUT2D eigenvalue weighted by Crippen LogP contribution is 2.51. The average Bonchev–Trinajstić information content (AvgIpc) is 2.63. The van der Waals surface area contributed by atoms with E-state index < -0.39 is 5.41 Å². The van der Waals surface area contributed by atoms with Gasteiger partial charge < -0.3 is 9.47 Å². The highest BCUT2D eigenvalue weighted by molar-refractivity contribution is 5.77. The minimum atomic E-state index is -0.713. The molecule has 4 heteroatoms. The van der Waals surface area contributed by atoms with Crippen LogP contribution in [0.15, 0.2) is 12.7 Å². The Morgan fingerprint density at radius 3 is 1.73 bits per heavy atom. The van der Waals surface area contributed by atoms with Crippen molar-refractivity contribution < 1.29 is 19.1 Å². The van der Waals surface area contributed by atoms with Crippen LogP contribution in [0.25, 0.3) is 0 Å². The molecule has 4 nitrogen and oxygen atoms in total. The molecule has 0 aromatic heterocycles. The lowest BCUT2D eigenvalue weighted by molar-refractivity contribution is -0.168. The smallest absolute Gasteiger partial charge is 0.312 e. The summed E-state index contributed by atoms with van der Waals surface area (Å²) < 4.78 is 11.1. The van der Waals surface area contributed by atoms with Crippen LogP contribution in [0.4, 0.5) is 0 Å². The molecule has 33 heavy (non-hydrogen) atoms. The summed E-state index contributed by atoms with van der Waals surface area (Å²) in [6.07, 6.45) is 3.35. The van der Waals surface area contributed by atoms with E-state index in [2.05, 4.69) is 75.8 Å². The number of ether oxygens (including phenoxy) is 2. The molecule has 0 aromatic rings. The van der Waals surface area contributed by atoms with Gasteiger partial charge in [0, 0.05) is 5.41 Å². The summed E-state index contributed by atoms with van der Waals surface area (Å²) in [5.41, 5.74) is -1.57. The molecule has 4 unspecified atom stereocenters. The fraction of sp³-hybridized carbons (Fsp3) is 0.862. The second-order valence-corrected chi connectivity index (χ2v) is 14.0. The summed E-state index contributed by atoms with van der Waals surface area (Å²) in [5, 5.41) is 0. The lowest BCUT2D eigenvalue weighted by Gasteiger charge is -2.47. The van der Waals surface area contributed by atoms with Crippen molar-refractivity contribution in [2.75, 3.05) is 13.7 Å². The summed E-state index contributed by atoms with van der Waals surface area (Å²) >= 11 is 0. The summed E-state index contributed by atoms with van der Waals surface area (Å²) in [4.78, 5) is 26.5. The number of carbonyl (C=O) groups is 2. The van der Waals surface area contributed by atoms with E-state index in [4.69, 9.17) is 9.47 Å². The highest BCUT2D eigenvalue weighted by atomic mass is 16.5. The van der Waals surface area contributed by atoms with E-state index >= 15 is 0 Å². The molecule has 0 aliphatic heterocycles. The molecule has 0 amide bonds. The van der Waals surface area contributed by atoms with Gasteiger partial charge in [-0.3, -0.25) is 9.59 Å². The minimum Gasteiger partial charge on any atom is -0.469 e. The molecule has 0 N–H and O–H groups in total. The first-order chi connectivity index (χ1) is 14.6. The molecule has 4 atom stereocenters. The molecule has 0 heterocycles.